The molecule has 0 saturated carbocycles. The molecule has 0 bridgehead atoms. The van der Waals surface area contributed by atoms with Crippen LogP contribution in [0.5, 0.6) is 6.01 Å². The van der Waals surface area contributed by atoms with Gasteiger partial charge in [-0.15, -0.1) is 0 Å². The van der Waals surface area contributed by atoms with E-state index in [1.165, 1.54) is 6.20 Å². The van der Waals surface area contributed by atoms with Crippen LogP contribution in [0.25, 0.3) is 0 Å². The summed E-state index contributed by atoms with van der Waals surface area (Å²) in [5, 5.41) is 10.5. The van der Waals surface area contributed by atoms with E-state index in [4.69, 9.17) is 9.47 Å². The van der Waals surface area contributed by atoms with E-state index in [1.807, 2.05) is 13.8 Å². The summed E-state index contributed by atoms with van der Waals surface area (Å²) in [4.78, 5) is 13.7. The second-order valence-corrected chi connectivity index (χ2v) is 3.91. The maximum absolute atomic E-state index is 10.5. The molecule has 0 saturated heterocycles. The molecule has 1 aromatic heterocycles. The SMILES string of the molecule is CC(C)OCC1Cn2cc([N+](=O)[O-])nc2O1. The molecule has 88 valence electrons. The lowest BCUT2D eigenvalue weighted by Crippen LogP contribution is -2.23. The van der Waals surface area contributed by atoms with Gasteiger partial charge >= 0.3 is 11.8 Å². The minimum atomic E-state index is -0.533. The zero-order valence-electron chi connectivity index (χ0n) is 9.12. The smallest absolute Gasteiger partial charge is 0.414 e. The Hall–Kier alpha value is -1.63. The van der Waals surface area contributed by atoms with Crippen LogP contribution in [0, 0.1) is 10.1 Å². The Morgan fingerprint density at radius 2 is 2.56 bits per heavy atom. The second-order valence-electron chi connectivity index (χ2n) is 3.91. The third-order valence-electron chi connectivity index (χ3n) is 2.20. The van der Waals surface area contributed by atoms with Crippen molar-refractivity contribution in [2.24, 2.45) is 0 Å². The van der Waals surface area contributed by atoms with E-state index in [0.717, 1.165) is 0 Å². The summed E-state index contributed by atoms with van der Waals surface area (Å²) >= 11 is 0. The second kappa shape index (κ2) is 4.09. The van der Waals surface area contributed by atoms with E-state index in [2.05, 4.69) is 4.98 Å². The molecule has 1 aliphatic heterocycles. The zero-order valence-corrected chi connectivity index (χ0v) is 9.12. The predicted octanol–water partition coefficient (Wildman–Crippen LogP) is 0.977. The molecule has 0 fully saturated rings. The van der Waals surface area contributed by atoms with Crippen molar-refractivity contribution in [2.45, 2.75) is 32.6 Å². The maximum atomic E-state index is 10.5. The lowest BCUT2D eigenvalue weighted by Gasteiger charge is -2.11. The fourth-order valence-corrected chi connectivity index (χ4v) is 1.49. The van der Waals surface area contributed by atoms with Gasteiger partial charge in [0.15, 0.2) is 0 Å². The van der Waals surface area contributed by atoms with Gasteiger partial charge in [-0.1, -0.05) is 0 Å². The lowest BCUT2D eigenvalue weighted by molar-refractivity contribution is -0.389. The molecule has 2 rings (SSSR count). The van der Waals surface area contributed by atoms with Crippen LogP contribution in [0.4, 0.5) is 5.82 Å². The summed E-state index contributed by atoms with van der Waals surface area (Å²) in [5.41, 5.74) is 0. The van der Waals surface area contributed by atoms with Crippen LogP contribution in [0.1, 0.15) is 13.8 Å². The third-order valence-corrected chi connectivity index (χ3v) is 2.20. The Kier molecular flexibility index (Phi) is 2.78. The molecule has 7 nitrogen and oxygen atoms in total. The molecule has 0 amide bonds. The first-order valence-electron chi connectivity index (χ1n) is 5.06. The Labute approximate surface area is 92.1 Å². The highest BCUT2D eigenvalue weighted by Crippen LogP contribution is 2.24. The summed E-state index contributed by atoms with van der Waals surface area (Å²) < 4.78 is 12.4. The molecule has 1 aromatic rings. The fraction of sp³-hybridized carbons (Fsp3) is 0.667. The van der Waals surface area contributed by atoms with Crippen molar-refractivity contribution in [3.05, 3.63) is 16.3 Å². The molecule has 0 aliphatic carbocycles. The molecule has 2 heterocycles. The summed E-state index contributed by atoms with van der Waals surface area (Å²) in [5.74, 6) is -0.182. The van der Waals surface area contributed by atoms with Crippen molar-refractivity contribution in [1.82, 2.24) is 9.55 Å². The van der Waals surface area contributed by atoms with Gasteiger partial charge in [-0.25, -0.2) is 0 Å². The van der Waals surface area contributed by atoms with Crippen molar-refractivity contribution in [3.8, 4) is 6.01 Å². The summed E-state index contributed by atoms with van der Waals surface area (Å²) in [6.07, 6.45) is 1.42. The van der Waals surface area contributed by atoms with Gasteiger partial charge in [0.1, 0.15) is 12.3 Å². The molecule has 0 spiro atoms. The van der Waals surface area contributed by atoms with E-state index >= 15 is 0 Å². The molecule has 16 heavy (non-hydrogen) atoms. The third kappa shape index (κ3) is 2.13. The molecule has 1 aliphatic rings. The average molecular weight is 227 g/mol. The first kappa shape index (κ1) is 10.9. The molecule has 0 N–H and O–H groups in total. The van der Waals surface area contributed by atoms with Crippen LogP contribution in [0.3, 0.4) is 0 Å². The van der Waals surface area contributed by atoms with Crippen LogP contribution in [-0.4, -0.2) is 33.3 Å². The fourth-order valence-electron chi connectivity index (χ4n) is 1.49. The Bertz CT molecular complexity index is 378. The van der Waals surface area contributed by atoms with Crippen molar-refractivity contribution in [2.75, 3.05) is 6.61 Å². The summed E-state index contributed by atoms with van der Waals surface area (Å²) in [6.45, 7) is 4.90. The minimum absolute atomic E-state index is 0.106. The average Bonchev–Trinajstić information content (AvgIpc) is 2.70. The van der Waals surface area contributed by atoms with Gasteiger partial charge in [0, 0.05) is 4.98 Å². The van der Waals surface area contributed by atoms with E-state index in [-0.39, 0.29) is 18.0 Å². The molecule has 0 aromatic carbocycles. The monoisotopic (exact) mass is 227 g/mol. The van der Waals surface area contributed by atoms with E-state index in [9.17, 15) is 10.1 Å². The van der Waals surface area contributed by atoms with Crippen molar-refractivity contribution >= 4 is 5.82 Å². The Morgan fingerprint density at radius 3 is 3.12 bits per heavy atom. The highest BCUT2D eigenvalue weighted by atomic mass is 16.6. The van der Waals surface area contributed by atoms with Gasteiger partial charge in [-0.3, -0.25) is 4.57 Å². The van der Waals surface area contributed by atoms with Gasteiger partial charge in [0.25, 0.3) is 0 Å². The highest BCUT2D eigenvalue weighted by molar-refractivity contribution is 5.22. The standard InChI is InChI=1S/C9H13N3O4/c1-6(2)15-5-7-3-11-4-8(12(13)14)10-9(11)16-7/h4,6-7H,3,5H2,1-2H3. The van der Waals surface area contributed by atoms with Gasteiger partial charge in [-0.05, 0) is 18.8 Å². The topological polar surface area (TPSA) is 79.4 Å². The largest absolute Gasteiger partial charge is 0.438 e. The number of hydrogen-bond donors (Lipinski definition) is 0. The number of nitrogens with zero attached hydrogens (tertiary/aromatic N) is 3. The molecule has 1 unspecified atom stereocenters. The Balaban J connectivity index is 1.95. The van der Waals surface area contributed by atoms with Crippen molar-refractivity contribution < 1.29 is 14.4 Å². The number of aromatic nitrogens is 2. The summed E-state index contributed by atoms with van der Waals surface area (Å²) in [7, 11) is 0. The number of nitro groups is 1. The number of ether oxygens (including phenoxy) is 2. The van der Waals surface area contributed by atoms with Gasteiger partial charge < -0.3 is 19.6 Å². The molecular formula is C9H13N3O4. The van der Waals surface area contributed by atoms with Crippen LogP contribution in [-0.2, 0) is 11.3 Å². The lowest BCUT2D eigenvalue weighted by atomic mass is 10.4. The van der Waals surface area contributed by atoms with Gasteiger partial charge in [-0.2, -0.15) is 0 Å². The predicted molar refractivity (Wildman–Crippen MR) is 54.4 cm³/mol. The molecule has 0 radical (unpaired) electrons. The number of rotatable bonds is 4. The molecule has 7 heteroatoms. The van der Waals surface area contributed by atoms with Gasteiger partial charge in [0.2, 0.25) is 0 Å². The first-order chi connectivity index (χ1) is 7.56. The highest BCUT2D eigenvalue weighted by Gasteiger charge is 2.31. The Morgan fingerprint density at radius 1 is 1.81 bits per heavy atom. The van der Waals surface area contributed by atoms with Crippen LogP contribution >= 0.6 is 0 Å². The van der Waals surface area contributed by atoms with Crippen molar-refractivity contribution in [1.29, 1.82) is 0 Å². The van der Waals surface area contributed by atoms with Crippen LogP contribution in [0.2, 0.25) is 0 Å². The van der Waals surface area contributed by atoms with E-state index in [1.54, 1.807) is 4.57 Å². The minimum Gasteiger partial charge on any atom is -0.438 e. The quantitative estimate of drug-likeness (QED) is 0.565. The number of hydrogen-bond acceptors (Lipinski definition) is 5. The first-order valence-corrected chi connectivity index (χ1v) is 5.06. The molecular weight excluding hydrogens is 214 g/mol. The van der Waals surface area contributed by atoms with Crippen molar-refractivity contribution in [3.63, 3.8) is 0 Å². The van der Waals surface area contributed by atoms with Crippen LogP contribution in [0.15, 0.2) is 6.20 Å². The number of imidazole rings is 1. The maximum Gasteiger partial charge on any atom is 0.414 e. The van der Waals surface area contributed by atoms with Crippen LogP contribution < -0.4 is 4.74 Å². The summed E-state index contributed by atoms with van der Waals surface area (Å²) in [6, 6.07) is 0.295. The van der Waals surface area contributed by atoms with E-state index < -0.39 is 4.92 Å². The zero-order chi connectivity index (χ0) is 11.7. The molecule has 1 atom stereocenters. The van der Waals surface area contributed by atoms with E-state index in [0.29, 0.717) is 19.2 Å². The normalized spacial score (nSPS) is 18.6. The van der Waals surface area contributed by atoms with Gasteiger partial charge in [0.05, 0.1) is 19.3 Å². The number of fused-ring (bicyclic) bond motifs is 1.